The quantitative estimate of drug-likeness (QED) is 0.345. The van der Waals surface area contributed by atoms with Crippen LogP contribution in [0.4, 0.5) is 10.1 Å². The number of anilines is 1. The van der Waals surface area contributed by atoms with E-state index in [1.165, 1.54) is 24.3 Å². The Kier molecular flexibility index (Phi) is 6.81. The molecule has 0 radical (unpaired) electrons. The maximum atomic E-state index is 13.2. The van der Waals surface area contributed by atoms with E-state index in [2.05, 4.69) is 15.5 Å². The summed E-state index contributed by atoms with van der Waals surface area (Å²) in [5.74, 6) is 0.451. The number of hydrogen-bond acceptors (Lipinski definition) is 6. The van der Waals surface area contributed by atoms with E-state index in [1.807, 2.05) is 61.5 Å². The summed E-state index contributed by atoms with van der Waals surface area (Å²) in [6.07, 6.45) is 0. The zero-order valence-corrected chi connectivity index (χ0v) is 18.0. The van der Waals surface area contributed by atoms with Gasteiger partial charge in [-0.25, -0.2) is 4.39 Å². The van der Waals surface area contributed by atoms with Gasteiger partial charge in [-0.15, -0.1) is 10.2 Å². The summed E-state index contributed by atoms with van der Waals surface area (Å²) in [4.78, 5) is 13.0. The molecule has 4 rings (SSSR count). The average Bonchev–Trinajstić information content (AvgIpc) is 3.29. The molecule has 1 atom stereocenters. The summed E-state index contributed by atoms with van der Waals surface area (Å²) >= 11 is 1.15. The second kappa shape index (κ2) is 10.1. The van der Waals surface area contributed by atoms with E-state index in [-0.39, 0.29) is 16.9 Å². The number of halogens is 1. The number of hydrogen-bond donors (Lipinski definition) is 1. The van der Waals surface area contributed by atoms with Crippen LogP contribution in [-0.4, -0.2) is 22.7 Å². The van der Waals surface area contributed by atoms with Gasteiger partial charge in [-0.05, 0) is 72.8 Å². The summed E-state index contributed by atoms with van der Waals surface area (Å²) in [6.45, 7) is 2.51. The molecule has 0 spiro atoms. The minimum absolute atomic E-state index is 0.261. The van der Waals surface area contributed by atoms with Crippen molar-refractivity contribution in [3.8, 4) is 17.2 Å². The molecule has 32 heavy (non-hydrogen) atoms. The fraction of sp³-hybridized carbons (Fsp3) is 0.125. The lowest BCUT2D eigenvalue weighted by Crippen LogP contribution is -2.19. The van der Waals surface area contributed by atoms with Gasteiger partial charge in [0.1, 0.15) is 16.8 Å². The highest BCUT2D eigenvalue weighted by Gasteiger charge is 2.25. The molecule has 8 heteroatoms. The lowest BCUT2D eigenvalue weighted by Gasteiger charge is -2.15. The van der Waals surface area contributed by atoms with Crippen LogP contribution < -0.4 is 10.1 Å². The minimum Gasteiger partial charge on any atom is -0.494 e. The molecule has 0 aliphatic rings. The fourth-order valence-electron chi connectivity index (χ4n) is 2.98. The van der Waals surface area contributed by atoms with E-state index in [0.717, 1.165) is 28.6 Å². The molecule has 0 aliphatic carbocycles. The summed E-state index contributed by atoms with van der Waals surface area (Å²) in [5.41, 5.74) is 2.02. The summed E-state index contributed by atoms with van der Waals surface area (Å²) in [5, 5.41) is 10.6. The van der Waals surface area contributed by atoms with Gasteiger partial charge in [0, 0.05) is 11.3 Å². The molecule has 1 aromatic heterocycles. The standard InChI is InChI=1S/C24H20FN3O3S/c1-2-30-20-14-8-17(9-15-20)23-27-28-24(31-23)32-21(16-6-4-3-5-7-16)22(29)26-19-12-10-18(25)11-13-19/h3-15,21H,2H2,1H3,(H,26,29)/t21-/m0/s1. The molecule has 1 heterocycles. The lowest BCUT2D eigenvalue weighted by molar-refractivity contribution is -0.115. The monoisotopic (exact) mass is 449 g/mol. The molecule has 1 N–H and O–H groups in total. The molecule has 1 amide bonds. The molecule has 0 saturated carbocycles. The van der Waals surface area contributed by atoms with Crippen molar-refractivity contribution in [3.63, 3.8) is 0 Å². The van der Waals surface area contributed by atoms with E-state index < -0.39 is 5.25 Å². The van der Waals surface area contributed by atoms with Crippen LogP contribution in [0.15, 0.2) is 88.5 Å². The predicted molar refractivity (Wildman–Crippen MR) is 121 cm³/mol. The Hall–Kier alpha value is -3.65. The van der Waals surface area contributed by atoms with Crippen molar-refractivity contribution in [2.45, 2.75) is 17.4 Å². The second-order valence-electron chi connectivity index (χ2n) is 6.74. The molecule has 0 aliphatic heterocycles. The van der Waals surface area contributed by atoms with Crippen molar-refractivity contribution in [1.82, 2.24) is 10.2 Å². The van der Waals surface area contributed by atoms with Crippen LogP contribution in [-0.2, 0) is 4.79 Å². The normalized spacial score (nSPS) is 11.7. The third kappa shape index (κ3) is 5.33. The molecule has 4 aromatic rings. The first-order valence-electron chi connectivity index (χ1n) is 9.97. The van der Waals surface area contributed by atoms with Crippen LogP contribution >= 0.6 is 11.8 Å². The van der Waals surface area contributed by atoms with Gasteiger partial charge in [0.2, 0.25) is 11.8 Å². The maximum Gasteiger partial charge on any atom is 0.277 e. The Morgan fingerprint density at radius 3 is 2.44 bits per heavy atom. The Morgan fingerprint density at radius 2 is 1.75 bits per heavy atom. The van der Waals surface area contributed by atoms with Gasteiger partial charge in [-0.2, -0.15) is 0 Å². The van der Waals surface area contributed by atoms with Crippen LogP contribution in [0.3, 0.4) is 0 Å². The number of ether oxygens (including phenoxy) is 1. The summed E-state index contributed by atoms with van der Waals surface area (Å²) in [7, 11) is 0. The third-order valence-electron chi connectivity index (χ3n) is 4.49. The Labute approximate surface area is 188 Å². The number of carbonyl (C=O) groups excluding carboxylic acids is 1. The molecule has 0 fully saturated rings. The molecule has 0 bridgehead atoms. The molecule has 162 valence electrons. The number of thioether (sulfide) groups is 1. The van der Waals surface area contributed by atoms with Gasteiger partial charge >= 0.3 is 0 Å². The van der Waals surface area contributed by atoms with Crippen molar-refractivity contribution >= 4 is 23.4 Å². The van der Waals surface area contributed by atoms with Gasteiger partial charge < -0.3 is 14.5 Å². The number of rotatable bonds is 8. The van der Waals surface area contributed by atoms with Crippen molar-refractivity contribution in [1.29, 1.82) is 0 Å². The third-order valence-corrected chi connectivity index (χ3v) is 5.58. The smallest absolute Gasteiger partial charge is 0.277 e. The molecular formula is C24H20FN3O3S. The van der Waals surface area contributed by atoms with Crippen molar-refractivity contribution < 1.29 is 18.3 Å². The highest BCUT2D eigenvalue weighted by molar-refractivity contribution is 8.00. The van der Waals surface area contributed by atoms with E-state index in [4.69, 9.17) is 9.15 Å². The fourth-order valence-corrected chi connectivity index (χ4v) is 3.85. The first-order valence-corrected chi connectivity index (χ1v) is 10.8. The predicted octanol–water partition coefficient (Wildman–Crippen LogP) is 5.75. The van der Waals surface area contributed by atoms with E-state index in [1.54, 1.807) is 0 Å². The molecule has 0 unspecified atom stereocenters. The van der Waals surface area contributed by atoms with Crippen LogP contribution in [0.25, 0.3) is 11.5 Å². The second-order valence-corrected chi connectivity index (χ2v) is 7.79. The largest absolute Gasteiger partial charge is 0.494 e. The van der Waals surface area contributed by atoms with Crippen molar-refractivity contribution in [3.05, 3.63) is 90.2 Å². The van der Waals surface area contributed by atoms with Gasteiger partial charge in [-0.1, -0.05) is 30.3 Å². The number of nitrogens with one attached hydrogen (secondary N) is 1. The summed E-state index contributed by atoms with van der Waals surface area (Å²) < 4.78 is 24.4. The average molecular weight is 450 g/mol. The number of carbonyl (C=O) groups is 1. The van der Waals surface area contributed by atoms with E-state index in [9.17, 15) is 9.18 Å². The topological polar surface area (TPSA) is 77.2 Å². The first-order chi connectivity index (χ1) is 15.6. The Balaban J connectivity index is 1.54. The molecular weight excluding hydrogens is 429 g/mol. The highest BCUT2D eigenvalue weighted by Crippen LogP contribution is 2.36. The zero-order chi connectivity index (χ0) is 22.3. The molecule has 0 saturated heterocycles. The lowest BCUT2D eigenvalue weighted by atomic mass is 10.1. The van der Waals surface area contributed by atoms with Gasteiger partial charge in [-0.3, -0.25) is 4.79 Å². The minimum atomic E-state index is -0.644. The number of nitrogens with zero attached hydrogens (tertiary/aromatic N) is 2. The van der Waals surface area contributed by atoms with E-state index >= 15 is 0 Å². The van der Waals surface area contributed by atoms with Crippen LogP contribution in [0.1, 0.15) is 17.7 Å². The van der Waals surface area contributed by atoms with Crippen LogP contribution in [0, 0.1) is 5.82 Å². The number of amides is 1. The van der Waals surface area contributed by atoms with Gasteiger partial charge in [0.15, 0.2) is 0 Å². The van der Waals surface area contributed by atoms with Gasteiger partial charge in [0.25, 0.3) is 5.22 Å². The van der Waals surface area contributed by atoms with Crippen molar-refractivity contribution in [2.24, 2.45) is 0 Å². The Bertz CT molecular complexity index is 1170. The molecule has 6 nitrogen and oxygen atoms in total. The first kappa shape index (κ1) is 21.6. The van der Waals surface area contributed by atoms with E-state index in [0.29, 0.717) is 18.2 Å². The highest BCUT2D eigenvalue weighted by atomic mass is 32.2. The Morgan fingerprint density at radius 1 is 1.03 bits per heavy atom. The van der Waals surface area contributed by atoms with Crippen LogP contribution in [0.2, 0.25) is 0 Å². The zero-order valence-electron chi connectivity index (χ0n) is 17.2. The van der Waals surface area contributed by atoms with Gasteiger partial charge in [0.05, 0.1) is 6.61 Å². The number of benzene rings is 3. The van der Waals surface area contributed by atoms with Crippen LogP contribution in [0.5, 0.6) is 5.75 Å². The maximum absolute atomic E-state index is 13.2. The SMILES string of the molecule is CCOc1ccc(-c2nnc(S[C@H](C(=O)Nc3ccc(F)cc3)c3ccccc3)o2)cc1. The summed E-state index contributed by atoms with van der Waals surface area (Å²) in [6, 6.07) is 22.2. The van der Waals surface area contributed by atoms with Crippen molar-refractivity contribution in [2.75, 3.05) is 11.9 Å². The number of aromatic nitrogens is 2. The molecule has 3 aromatic carbocycles.